The van der Waals surface area contributed by atoms with E-state index in [-0.39, 0.29) is 24.3 Å². The van der Waals surface area contributed by atoms with Crippen LogP contribution in [0.4, 0.5) is 11.4 Å². The highest BCUT2D eigenvalue weighted by Gasteiger charge is 2.37. The second-order valence-corrected chi connectivity index (χ2v) is 6.60. The molecule has 9 nitrogen and oxygen atoms in total. The third-order valence-electron chi connectivity index (χ3n) is 4.82. The maximum absolute atomic E-state index is 13.0. The molecule has 0 spiro atoms. The molecule has 1 heterocycles. The van der Waals surface area contributed by atoms with Gasteiger partial charge in [0.1, 0.15) is 6.04 Å². The van der Waals surface area contributed by atoms with Crippen LogP contribution < -0.4 is 30.2 Å². The summed E-state index contributed by atoms with van der Waals surface area (Å²) in [6, 6.07) is 8.69. The summed E-state index contributed by atoms with van der Waals surface area (Å²) in [5.74, 6) is -0.442. The molecular weight excluding hydrogens is 390 g/mol. The monoisotopic (exact) mass is 413 g/mol. The van der Waals surface area contributed by atoms with E-state index < -0.39 is 17.9 Å². The zero-order valence-electron chi connectivity index (χ0n) is 16.9. The van der Waals surface area contributed by atoms with Gasteiger partial charge in [0, 0.05) is 12.0 Å². The summed E-state index contributed by atoms with van der Waals surface area (Å²) in [5.41, 5.74) is 6.76. The number of ether oxygens (including phenoxy) is 3. The van der Waals surface area contributed by atoms with Crippen LogP contribution in [-0.4, -0.2) is 45.1 Å². The minimum atomic E-state index is -0.881. The van der Waals surface area contributed by atoms with Gasteiger partial charge in [-0.05, 0) is 30.7 Å². The minimum Gasteiger partial charge on any atom is -0.493 e. The maximum atomic E-state index is 13.0. The summed E-state index contributed by atoms with van der Waals surface area (Å²) in [4.78, 5) is 39.2. The number of hydrogen-bond acceptors (Lipinski definition) is 7. The number of piperidine rings is 1. The molecule has 1 saturated heterocycles. The molecule has 2 aromatic carbocycles. The van der Waals surface area contributed by atoms with Crippen LogP contribution in [0.15, 0.2) is 36.4 Å². The quantitative estimate of drug-likeness (QED) is 0.547. The maximum Gasteiger partial charge on any atom is 0.256 e. The van der Waals surface area contributed by atoms with Crippen LogP contribution in [0.1, 0.15) is 23.2 Å². The fourth-order valence-electron chi connectivity index (χ4n) is 3.31. The molecule has 1 atom stereocenters. The van der Waals surface area contributed by atoms with Gasteiger partial charge in [-0.2, -0.15) is 0 Å². The van der Waals surface area contributed by atoms with Crippen molar-refractivity contribution in [3.05, 3.63) is 42.0 Å². The average Bonchev–Trinajstić information content (AvgIpc) is 2.75. The number of anilines is 2. The lowest BCUT2D eigenvalue weighted by Crippen LogP contribution is -2.54. The van der Waals surface area contributed by atoms with Crippen LogP contribution in [0.2, 0.25) is 0 Å². The SMILES string of the molecule is COc1cc(C(=O)NC2CCC(=O)N(c3ccccc3N)C2=O)cc(OC)c1OC. The molecule has 158 valence electrons. The van der Waals surface area contributed by atoms with Crippen LogP contribution >= 0.6 is 0 Å². The Morgan fingerprint density at radius 2 is 1.70 bits per heavy atom. The van der Waals surface area contributed by atoms with Crippen molar-refractivity contribution in [1.29, 1.82) is 0 Å². The Morgan fingerprint density at radius 3 is 2.27 bits per heavy atom. The first-order chi connectivity index (χ1) is 14.4. The number of para-hydroxylation sites is 2. The number of nitrogen functional groups attached to an aromatic ring is 1. The Bertz CT molecular complexity index is 965. The molecular formula is C21H23N3O6. The van der Waals surface area contributed by atoms with Crippen LogP contribution in [0, 0.1) is 0 Å². The average molecular weight is 413 g/mol. The molecule has 1 unspecified atom stereocenters. The minimum absolute atomic E-state index is 0.0975. The van der Waals surface area contributed by atoms with Gasteiger partial charge in [0.15, 0.2) is 11.5 Å². The number of nitrogens with zero attached hydrogens (tertiary/aromatic N) is 1. The molecule has 0 saturated carbocycles. The van der Waals surface area contributed by atoms with E-state index in [4.69, 9.17) is 19.9 Å². The van der Waals surface area contributed by atoms with Crippen molar-refractivity contribution in [2.75, 3.05) is 32.0 Å². The number of carbonyl (C=O) groups excluding carboxylic acids is 3. The number of nitrogens with one attached hydrogen (secondary N) is 1. The fourth-order valence-corrected chi connectivity index (χ4v) is 3.31. The van der Waals surface area contributed by atoms with Crippen molar-refractivity contribution < 1.29 is 28.6 Å². The Labute approximate surface area is 173 Å². The van der Waals surface area contributed by atoms with Gasteiger partial charge in [0.2, 0.25) is 11.7 Å². The van der Waals surface area contributed by atoms with E-state index in [0.29, 0.717) is 28.6 Å². The first-order valence-electron chi connectivity index (χ1n) is 9.23. The lowest BCUT2D eigenvalue weighted by Gasteiger charge is -2.31. The zero-order chi connectivity index (χ0) is 21.8. The molecule has 1 aliphatic heterocycles. The Hall–Kier alpha value is -3.75. The van der Waals surface area contributed by atoms with Gasteiger partial charge in [0.25, 0.3) is 11.8 Å². The van der Waals surface area contributed by atoms with Crippen molar-refractivity contribution in [3.63, 3.8) is 0 Å². The summed E-state index contributed by atoms with van der Waals surface area (Å²) in [5, 5.41) is 2.69. The van der Waals surface area contributed by atoms with Gasteiger partial charge in [-0.3, -0.25) is 14.4 Å². The Kier molecular flexibility index (Phi) is 6.10. The molecule has 3 rings (SSSR count). The predicted molar refractivity (Wildman–Crippen MR) is 110 cm³/mol. The van der Waals surface area contributed by atoms with Crippen molar-refractivity contribution in [3.8, 4) is 17.2 Å². The number of amides is 3. The van der Waals surface area contributed by atoms with E-state index in [1.165, 1.54) is 33.5 Å². The summed E-state index contributed by atoms with van der Waals surface area (Å²) in [6.07, 6.45) is 0.289. The van der Waals surface area contributed by atoms with Gasteiger partial charge >= 0.3 is 0 Å². The topological polar surface area (TPSA) is 120 Å². The second kappa shape index (κ2) is 8.73. The largest absolute Gasteiger partial charge is 0.493 e. The molecule has 3 N–H and O–H groups in total. The number of hydrogen-bond donors (Lipinski definition) is 2. The summed E-state index contributed by atoms with van der Waals surface area (Å²) in [7, 11) is 4.34. The first-order valence-corrected chi connectivity index (χ1v) is 9.23. The van der Waals surface area contributed by atoms with Gasteiger partial charge in [-0.15, -0.1) is 0 Å². The van der Waals surface area contributed by atoms with E-state index in [2.05, 4.69) is 5.32 Å². The van der Waals surface area contributed by atoms with E-state index in [1.807, 2.05) is 0 Å². The van der Waals surface area contributed by atoms with Crippen molar-refractivity contribution in [2.45, 2.75) is 18.9 Å². The van der Waals surface area contributed by atoms with Crippen LogP contribution in [0.25, 0.3) is 0 Å². The fraction of sp³-hybridized carbons (Fsp3) is 0.286. The number of imide groups is 1. The van der Waals surface area contributed by atoms with Gasteiger partial charge in [-0.1, -0.05) is 12.1 Å². The van der Waals surface area contributed by atoms with Crippen LogP contribution in [-0.2, 0) is 9.59 Å². The number of carbonyl (C=O) groups is 3. The van der Waals surface area contributed by atoms with Crippen molar-refractivity contribution in [2.24, 2.45) is 0 Å². The molecule has 0 aliphatic carbocycles. The molecule has 1 fully saturated rings. The van der Waals surface area contributed by atoms with E-state index >= 15 is 0 Å². The standard InChI is InChI=1S/C21H23N3O6/c1-28-16-10-12(11-17(29-2)19(16)30-3)20(26)23-14-8-9-18(25)24(21(14)27)15-7-5-4-6-13(15)22/h4-7,10-11,14H,8-9,22H2,1-3H3,(H,23,26). The number of rotatable bonds is 6. The Balaban J connectivity index is 1.86. The van der Waals surface area contributed by atoms with Crippen LogP contribution in [0.3, 0.4) is 0 Å². The molecule has 0 bridgehead atoms. The molecule has 9 heteroatoms. The van der Waals surface area contributed by atoms with Crippen LogP contribution in [0.5, 0.6) is 17.2 Å². The predicted octanol–water partition coefficient (Wildman–Crippen LogP) is 1.75. The highest BCUT2D eigenvalue weighted by Crippen LogP contribution is 2.38. The molecule has 3 amide bonds. The number of nitrogens with two attached hydrogens (primary N) is 1. The smallest absolute Gasteiger partial charge is 0.256 e. The van der Waals surface area contributed by atoms with Gasteiger partial charge in [-0.25, -0.2) is 4.90 Å². The number of benzene rings is 2. The van der Waals surface area contributed by atoms with E-state index in [0.717, 1.165) is 4.90 Å². The zero-order valence-corrected chi connectivity index (χ0v) is 16.9. The highest BCUT2D eigenvalue weighted by molar-refractivity contribution is 6.20. The van der Waals surface area contributed by atoms with Gasteiger partial charge < -0.3 is 25.3 Å². The van der Waals surface area contributed by atoms with Crippen molar-refractivity contribution in [1.82, 2.24) is 5.32 Å². The second-order valence-electron chi connectivity index (χ2n) is 6.60. The first kappa shape index (κ1) is 21.0. The highest BCUT2D eigenvalue weighted by atomic mass is 16.5. The summed E-state index contributed by atoms with van der Waals surface area (Å²) >= 11 is 0. The summed E-state index contributed by atoms with van der Waals surface area (Å²) in [6.45, 7) is 0. The lowest BCUT2D eigenvalue weighted by atomic mass is 10.0. The normalized spacial score (nSPS) is 16.2. The Morgan fingerprint density at radius 1 is 1.07 bits per heavy atom. The van der Waals surface area contributed by atoms with Gasteiger partial charge in [0.05, 0.1) is 32.7 Å². The lowest BCUT2D eigenvalue weighted by molar-refractivity contribution is -0.130. The van der Waals surface area contributed by atoms with Crippen molar-refractivity contribution >= 4 is 29.1 Å². The molecule has 0 aromatic heterocycles. The summed E-state index contributed by atoms with van der Waals surface area (Å²) < 4.78 is 15.8. The molecule has 1 aliphatic rings. The molecule has 30 heavy (non-hydrogen) atoms. The third-order valence-corrected chi connectivity index (χ3v) is 4.82. The molecule has 2 aromatic rings. The third kappa shape index (κ3) is 3.86. The van der Waals surface area contributed by atoms with E-state index in [9.17, 15) is 14.4 Å². The van der Waals surface area contributed by atoms with E-state index in [1.54, 1.807) is 24.3 Å². The molecule has 0 radical (unpaired) electrons. The number of methoxy groups -OCH3 is 3.